The first-order valence-electron chi connectivity index (χ1n) is 11.4. The Labute approximate surface area is 222 Å². The van der Waals surface area contributed by atoms with Crippen molar-refractivity contribution in [2.45, 2.75) is 32.2 Å². The van der Waals surface area contributed by atoms with Crippen LogP contribution in [0.1, 0.15) is 24.5 Å². The molecule has 2 nitrogen and oxygen atoms in total. The highest BCUT2D eigenvalue weighted by Crippen LogP contribution is 2.41. The van der Waals surface area contributed by atoms with Crippen molar-refractivity contribution in [3.63, 3.8) is 0 Å². The molecule has 41 heavy (non-hydrogen) atoms. The van der Waals surface area contributed by atoms with Gasteiger partial charge in [0.2, 0.25) is 5.75 Å². The van der Waals surface area contributed by atoms with E-state index >= 15 is 0 Å². The third kappa shape index (κ3) is 5.72. The second-order valence-electron chi connectivity index (χ2n) is 8.61. The van der Waals surface area contributed by atoms with E-state index in [2.05, 4.69) is 9.47 Å². The van der Waals surface area contributed by atoms with Gasteiger partial charge in [-0.15, -0.1) is 13.2 Å². The number of halogens is 12. The molecule has 0 aliphatic carbocycles. The van der Waals surface area contributed by atoms with Gasteiger partial charge in [0.15, 0.2) is 34.9 Å². The Morgan fingerprint density at radius 1 is 0.634 bits per heavy atom. The van der Waals surface area contributed by atoms with E-state index in [4.69, 9.17) is 0 Å². The maximum atomic E-state index is 14.9. The van der Waals surface area contributed by atoms with E-state index in [0.29, 0.717) is 24.6 Å². The van der Waals surface area contributed by atoms with E-state index in [1.54, 1.807) is 6.92 Å². The number of fused-ring (bicyclic) bond motifs is 1. The normalized spacial score (nSPS) is 12.2. The lowest BCUT2D eigenvalue weighted by molar-refractivity contribution is -0.276. The van der Waals surface area contributed by atoms with Gasteiger partial charge in [-0.1, -0.05) is 31.5 Å². The third-order valence-corrected chi connectivity index (χ3v) is 5.84. The number of aryl methyl sites for hydroxylation is 1. The summed E-state index contributed by atoms with van der Waals surface area (Å²) in [5, 5.41) is -2.16. The summed E-state index contributed by atoms with van der Waals surface area (Å²) in [4.78, 5) is 0. The molecule has 0 fully saturated rings. The first-order chi connectivity index (χ1) is 19.1. The van der Waals surface area contributed by atoms with Gasteiger partial charge in [-0.05, 0) is 35.6 Å². The number of hydrogen-bond acceptors (Lipinski definition) is 2. The summed E-state index contributed by atoms with van der Waals surface area (Å²) in [5.41, 5.74) is -3.48. The molecule has 0 spiro atoms. The zero-order valence-corrected chi connectivity index (χ0v) is 20.3. The van der Waals surface area contributed by atoms with Crippen LogP contribution in [-0.2, 0) is 12.5 Å². The maximum absolute atomic E-state index is 14.9. The van der Waals surface area contributed by atoms with Gasteiger partial charge in [0.25, 0.3) is 0 Å². The summed E-state index contributed by atoms with van der Waals surface area (Å²) >= 11 is 0. The van der Waals surface area contributed by atoms with Crippen molar-refractivity contribution in [2.75, 3.05) is 0 Å². The predicted molar refractivity (Wildman–Crippen MR) is 121 cm³/mol. The molecule has 0 heterocycles. The summed E-state index contributed by atoms with van der Waals surface area (Å²) in [5.74, 6) is -16.2. The molecule has 0 N–H and O–H groups in total. The number of alkyl halides is 5. The van der Waals surface area contributed by atoms with Crippen molar-refractivity contribution in [3.8, 4) is 22.6 Å². The topological polar surface area (TPSA) is 18.5 Å². The first-order valence-corrected chi connectivity index (χ1v) is 11.4. The van der Waals surface area contributed by atoms with Crippen LogP contribution in [0, 0.1) is 40.7 Å². The summed E-state index contributed by atoms with van der Waals surface area (Å²) in [6.07, 6.45) is -9.75. The maximum Gasteiger partial charge on any atom is 0.573 e. The molecule has 0 saturated heterocycles. The zero-order valence-electron chi connectivity index (χ0n) is 20.3. The molecule has 4 rings (SSSR count). The van der Waals surface area contributed by atoms with Gasteiger partial charge in [0.1, 0.15) is 17.1 Å². The quantitative estimate of drug-likeness (QED) is 0.197. The van der Waals surface area contributed by atoms with Crippen LogP contribution in [0.3, 0.4) is 0 Å². The molecule has 0 amide bonds. The van der Waals surface area contributed by atoms with Gasteiger partial charge in [-0.3, -0.25) is 0 Å². The Morgan fingerprint density at radius 3 is 1.85 bits per heavy atom. The van der Waals surface area contributed by atoms with Crippen LogP contribution < -0.4 is 9.47 Å². The van der Waals surface area contributed by atoms with E-state index < -0.39 is 92.2 Å². The van der Waals surface area contributed by atoms with Crippen molar-refractivity contribution in [1.82, 2.24) is 0 Å². The molecule has 0 unspecified atom stereocenters. The second-order valence-corrected chi connectivity index (χ2v) is 8.61. The SMILES string of the molecule is CCCc1ccc(-c2ccc(C(F)(F)Oc3cc(F)c4c(F)c(OC(F)(F)F)c(F)cc4c3)c(F)c2F)c(F)c1F. The van der Waals surface area contributed by atoms with Crippen LogP contribution in [0.15, 0.2) is 42.5 Å². The van der Waals surface area contributed by atoms with E-state index in [-0.39, 0.29) is 24.1 Å². The van der Waals surface area contributed by atoms with Gasteiger partial charge in [0, 0.05) is 17.2 Å². The van der Waals surface area contributed by atoms with E-state index in [1.807, 2.05) is 0 Å². The monoisotopic (exact) mass is 598 g/mol. The fraction of sp³-hybridized carbons (Fsp3) is 0.185. The van der Waals surface area contributed by atoms with Gasteiger partial charge in [0.05, 0.1) is 5.39 Å². The Kier molecular flexibility index (Phi) is 7.80. The number of hydrogen-bond donors (Lipinski definition) is 0. The van der Waals surface area contributed by atoms with Crippen LogP contribution in [0.2, 0.25) is 0 Å². The molecule has 0 atom stereocenters. The molecule has 0 aliphatic heterocycles. The number of ether oxygens (including phenoxy) is 2. The highest BCUT2D eigenvalue weighted by Gasteiger charge is 2.40. The van der Waals surface area contributed by atoms with Gasteiger partial charge < -0.3 is 9.47 Å². The van der Waals surface area contributed by atoms with Gasteiger partial charge in [-0.2, -0.15) is 8.78 Å². The minimum absolute atomic E-state index is 0.0438. The number of benzene rings is 4. The fourth-order valence-electron chi connectivity index (χ4n) is 4.08. The van der Waals surface area contributed by atoms with Gasteiger partial charge in [-0.25, -0.2) is 30.7 Å². The lowest BCUT2D eigenvalue weighted by atomic mass is 9.98. The molecular weight excluding hydrogens is 584 g/mol. The highest BCUT2D eigenvalue weighted by atomic mass is 19.4. The van der Waals surface area contributed by atoms with Crippen LogP contribution in [-0.4, -0.2) is 6.36 Å². The van der Waals surface area contributed by atoms with Crippen LogP contribution in [0.4, 0.5) is 52.7 Å². The molecular formula is C27H14F12O2. The van der Waals surface area contributed by atoms with Crippen molar-refractivity contribution in [3.05, 3.63) is 94.3 Å². The smallest absolute Gasteiger partial charge is 0.429 e. The van der Waals surface area contributed by atoms with E-state index in [0.717, 1.165) is 12.1 Å². The molecule has 0 bridgehead atoms. The Balaban J connectivity index is 1.71. The minimum atomic E-state index is -5.55. The Hall–Kier alpha value is -4.10. The predicted octanol–water partition coefficient (Wildman–Crippen LogP) is 9.46. The van der Waals surface area contributed by atoms with Crippen LogP contribution in [0.25, 0.3) is 21.9 Å². The molecule has 0 radical (unpaired) electrons. The second kappa shape index (κ2) is 10.7. The van der Waals surface area contributed by atoms with Crippen LogP contribution >= 0.6 is 0 Å². The molecule has 0 saturated carbocycles. The van der Waals surface area contributed by atoms with Crippen LogP contribution in [0.5, 0.6) is 11.5 Å². The Morgan fingerprint density at radius 2 is 1.24 bits per heavy atom. The summed E-state index contributed by atoms with van der Waals surface area (Å²) in [7, 11) is 0. The first kappa shape index (κ1) is 29.9. The summed E-state index contributed by atoms with van der Waals surface area (Å²) in [6, 6.07) is 3.50. The van der Waals surface area contributed by atoms with E-state index in [1.165, 1.54) is 0 Å². The van der Waals surface area contributed by atoms with Crippen molar-refractivity contribution in [1.29, 1.82) is 0 Å². The molecule has 218 valence electrons. The molecule has 0 aromatic heterocycles. The lowest BCUT2D eigenvalue weighted by Gasteiger charge is -2.20. The largest absolute Gasteiger partial charge is 0.573 e. The molecule has 14 heteroatoms. The summed E-state index contributed by atoms with van der Waals surface area (Å²) in [6.45, 7) is 1.69. The average molecular weight is 598 g/mol. The average Bonchev–Trinajstić information content (AvgIpc) is 2.85. The fourth-order valence-corrected chi connectivity index (χ4v) is 4.08. The zero-order chi connectivity index (χ0) is 30.4. The highest BCUT2D eigenvalue weighted by molar-refractivity contribution is 5.87. The number of rotatable bonds is 7. The minimum Gasteiger partial charge on any atom is -0.429 e. The van der Waals surface area contributed by atoms with Crippen molar-refractivity contribution in [2.24, 2.45) is 0 Å². The lowest BCUT2D eigenvalue weighted by Crippen LogP contribution is -2.24. The molecule has 0 aliphatic rings. The third-order valence-electron chi connectivity index (χ3n) is 5.84. The van der Waals surface area contributed by atoms with Crippen molar-refractivity contribution >= 4 is 10.8 Å². The Bertz CT molecular complexity index is 1650. The molecule has 4 aromatic rings. The van der Waals surface area contributed by atoms with Gasteiger partial charge >= 0.3 is 12.5 Å². The van der Waals surface area contributed by atoms with E-state index in [9.17, 15) is 52.7 Å². The standard InChI is InChI=1S/C27H14F12O2/c1-2-3-11-4-5-14(21(31)20(11)30)15-6-7-16(23(33)22(15)32)26(35,36)40-13-8-12-9-18(29)25(41-27(37,38)39)24(34)19(12)17(28)10-13/h4-10H,2-3H2,1H3. The van der Waals surface area contributed by atoms with Crippen molar-refractivity contribution < 1.29 is 62.2 Å². The molecule has 4 aromatic carbocycles. The summed E-state index contributed by atoms with van der Waals surface area (Å²) < 4.78 is 176.